The summed E-state index contributed by atoms with van der Waals surface area (Å²) >= 11 is 0. The molecule has 6 nitrogen and oxygen atoms in total. The van der Waals surface area contributed by atoms with Crippen LogP contribution in [0.5, 0.6) is 0 Å². The molecule has 0 aliphatic rings. The molecule has 0 heterocycles. The van der Waals surface area contributed by atoms with Crippen LogP contribution in [-0.2, 0) is 10.0 Å². The van der Waals surface area contributed by atoms with Crippen molar-refractivity contribution in [2.75, 3.05) is 6.54 Å². The number of amides is 1. The summed E-state index contributed by atoms with van der Waals surface area (Å²) in [5.41, 5.74) is 5.32. The second-order valence-corrected chi connectivity index (χ2v) is 5.90. The molecule has 0 saturated heterocycles. The summed E-state index contributed by atoms with van der Waals surface area (Å²) in [4.78, 5) is 10.9. The minimum Gasteiger partial charge on any atom is -0.393 e. The molecule has 0 bridgehead atoms. The Morgan fingerprint density at radius 3 is 2.42 bits per heavy atom. The molecular formula is C12H18N2O4S. The van der Waals surface area contributed by atoms with E-state index in [4.69, 9.17) is 5.73 Å². The van der Waals surface area contributed by atoms with E-state index in [9.17, 15) is 18.3 Å². The van der Waals surface area contributed by atoms with E-state index in [1.54, 1.807) is 0 Å². The van der Waals surface area contributed by atoms with Crippen LogP contribution in [0.25, 0.3) is 0 Å². The molecule has 1 aromatic rings. The lowest BCUT2D eigenvalue weighted by Gasteiger charge is -2.09. The van der Waals surface area contributed by atoms with Crippen molar-refractivity contribution in [3.05, 3.63) is 29.8 Å². The Labute approximate surface area is 112 Å². The Bertz CT molecular complexity index is 525. The van der Waals surface area contributed by atoms with Crippen molar-refractivity contribution in [3.63, 3.8) is 0 Å². The lowest BCUT2D eigenvalue weighted by molar-refractivity contribution is 0.1000. The van der Waals surface area contributed by atoms with Gasteiger partial charge in [0.15, 0.2) is 0 Å². The Hall–Kier alpha value is -1.44. The van der Waals surface area contributed by atoms with E-state index in [0.29, 0.717) is 12.8 Å². The molecule has 1 unspecified atom stereocenters. The fourth-order valence-corrected chi connectivity index (χ4v) is 2.49. The standard InChI is InChI=1S/C12H18N2O4S/c1-2-10(15)7-8-14-19(17,18)11-5-3-9(4-6-11)12(13)16/h3-6,10,14-15H,2,7-8H2,1H3,(H2,13,16). The first-order valence-corrected chi connectivity index (χ1v) is 7.42. The number of sulfonamides is 1. The minimum absolute atomic E-state index is 0.0588. The quantitative estimate of drug-likeness (QED) is 0.666. The highest BCUT2D eigenvalue weighted by atomic mass is 32.2. The Morgan fingerprint density at radius 1 is 1.37 bits per heavy atom. The third kappa shape index (κ3) is 4.62. The molecule has 0 saturated carbocycles. The number of primary amides is 1. The highest BCUT2D eigenvalue weighted by molar-refractivity contribution is 7.89. The van der Waals surface area contributed by atoms with E-state index in [1.807, 2.05) is 6.92 Å². The molecular weight excluding hydrogens is 268 g/mol. The molecule has 0 aromatic heterocycles. The maximum atomic E-state index is 11.9. The van der Waals surface area contributed by atoms with E-state index in [0.717, 1.165) is 0 Å². The minimum atomic E-state index is -3.62. The Morgan fingerprint density at radius 2 is 1.95 bits per heavy atom. The first kappa shape index (κ1) is 15.6. The monoisotopic (exact) mass is 286 g/mol. The number of aliphatic hydroxyl groups is 1. The van der Waals surface area contributed by atoms with Crippen molar-refractivity contribution >= 4 is 15.9 Å². The van der Waals surface area contributed by atoms with Gasteiger partial charge in [-0.15, -0.1) is 0 Å². The fourth-order valence-electron chi connectivity index (χ4n) is 1.45. The number of carbonyl (C=O) groups excluding carboxylic acids is 1. The van der Waals surface area contributed by atoms with E-state index in [2.05, 4.69) is 4.72 Å². The SMILES string of the molecule is CCC(O)CCNS(=O)(=O)c1ccc(C(N)=O)cc1. The number of hydrogen-bond donors (Lipinski definition) is 3. The van der Waals surface area contributed by atoms with Crippen molar-refractivity contribution in [1.82, 2.24) is 4.72 Å². The highest BCUT2D eigenvalue weighted by Crippen LogP contribution is 2.10. The molecule has 0 fully saturated rings. The van der Waals surface area contributed by atoms with Gasteiger partial charge in [0.05, 0.1) is 11.0 Å². The smallest absolute Gasteiger partial charge is 0.248 e. The topological polar surface area (TPSA) is 109 Å². The van der Waals surface area contributed by atoms with Gasteiger partial charge in [-0.25, -0.2) is 13.1 Å². The van der Waals surface area contributed by atoms with Gasteiger partial charge in [-0.1, -0.05) is 6.92 Å². The van der Waals surface area contributed by atoms with Crippen LogP contribution in [0.3, 0.4) is 0 Å². The van der Waals surface area contributed by atoms with Gasteiger partial charge in [0.1, 0.15) is 0 Å². The van der Waals surface area contributed by atoms with Gasteiger partial charge in [0.25, 0.3) is 0 Å². The van der Waals surface area contributed by atoms with Crippen LogP contribution in [0.15, 0.2) is 29.2 Å². The highest BCUT2D eigenvalue weighted by Gasteiger charge is 2.14. The van der Waals surface area contributed by atoms with Crippen LogP contribution in [0, 0.1) is 0 Å². The summed E-state index contributed by atoms with van der Waals surface area (Å²) < 4.78 is 26.1. The van der Waals surface area contributed by atoms with Crippen molar-refractivity contribution in [1.29, 1.82) is 0 Å². The zero-order valence-corrected chi connectivity index (χ0v) is 11.5. The lowest BCUT2D eigenvalue weighted by Crippen LogP contribution is -2.27. The molecule has 19 heavy (non-hydrogen) atoms. The number of nitrogens with one attached hydrogen (secondary N) is 1. The molecule has 7 heteroatoms. The van der Waals surface area contributed by atoms with Crippen LogP contribution < -0.4 is 10.5 Å². The van der Waals surface area contributed by atoms with Crippen LogP contribution in [0.2, 0.25) is 0 Å². The number of rotatable bonds is 7. The van der Waals surface area contributed by atoms with Crippen molar-refractivity contribution in [3.8, 4) is 0 Å². The van der Waals surface area contributed by atoms with Crippen molar-refractivity contribution in [2.24, 2.45) is 5.73 Å². The average molecular weight is 286 g/mol. The first-order valence-electron chi connectivity index (χ1n) is 5.94. The predicted octanol–water partition coefficient (Wildman–Crippen LogP) is 0.225. The van der Waals surface area contributed by atoms with E-state index in [-0.39, 0.29) is 17.0 Å². The Balaban J connectivity index is 2.69. The first-order chi connectivity index (χ1) is 8.86. The molecule has 1 amide bonds. The average Bonchev–Trinajstić information content (AvgIpc) is 2.38. The van der Waals surface area contributed by atoms with Gasteiger partial charge < -0.3 is 10.8 Å². The molecule has 4 N–H and O–H groups in total. The van der Waals surface area contributed by atoms with E-state index < -0.39 is 22.0 Å². The lowest BCUT2D eigenvalue weighted by atomic mass is 10.2. The van der Waals surface area contributed by atoms with Gasteiger partial charge in [0.2, 0.25) is 15.9 Å². The number of aliphatic hydroxyl groups excluding tert-OH is 1. The summed E-state index contributed by atoms with van der Waals surface area (Å²) in [5.74, 6) is -0.608. The molecule has 1 rings (SSSR count). The number of benzene rings is 1. The molecule has 0 aliphatic carbocycles. The van der Waals surface area contributed by atoms with Gasteiger partial charge in [-0.2, -0.15) is 0 Å². The zero-order valence-electron chi connectivity index (χ0n) is 10.7. The maximum Gasteiger partial charge on any atom is 0.248 e. The zero-order chi connectivity index (χ0) is 14.5. The van der Waals surface area contributed by atoms with Crippen LogP contribution in [-0.4, -0.2) is 32.1 Å². The summed E-state index contributed by atoms with van der Waals surface area (Å²) in [6.45, 7) is 1.98. The van der Waals surface area contributed by atoms with Gasteiger partial charge in [-0.05, 0) is 37.1 Å². The molecule has 0 radical (unpaired) electrons. The van der Waals surface area contributed by atoms with Crippen LogP contribution in [0.4, 0.5) is 0 Å². The fraction of sp³-hybridized carbons (Fsp3) is 0.417. The Kier molecular flexibility index (Phi) is 5.46. The van der Waals surface area contributed by atoms with Gasteiger partial charge in [-0.3, -0.25) is 4.79 Å². The molecule has 0 aliphatic heterocycles. The number of carbonyl (C=O) groups is 1. The predicted molar refractivity (Wildman–Crippen MR) is 71.1 cm³/mol. The van der Waals surface area contributed by atoms with Crippen LogP contribution in [0.1, 0.15) is 30.1 Å². The molecule has 1 aromatic carbocycles. The van der Waals surface area contributed by atoms with Crippen molar-refractivity contribution < 1.29 is 18.3 Å². The van der Waals surface area contributed by atoms with Gasteiger partial charge >= 0.3 is 0 Å². The third-order valence-corrected chi connectivity index (χ3v) is 4.17. The largest absolute Gasteiger partial charge is 0.393 e. The molecule has 1 atom stereocenters. The van der Waals surface area contributed by atoms with Crippen LogP contribution >= 0.6 is 0 Å². The molecule has 0 spiro atoms. The molecule has 106 valence electrons. The van der Waals surface area contributed by atoms with E-state index >= 15 is 0 Å². The number of nitrogens with two attached hydrogens (primary N) is 1. The van der Waals surface area contributed by atoms with Crippen molar-refractivity contribution in [2.45, 2.75) is 30.8 Å². The summed E-state index contributed by atoms with van der Waals surface area (Å²) in [7, 11) is -3.62. The summed E-state index contributed by atoms with van der Waals surface area (Å²) in [6, 6.07) is 5.35. The normalized spacial score (nSPS) is 13.2. The maximum absolute atomic E-state index is 11.9. The second kappa shape index (κ2) is 6.65. The van der Waals surface area contributed by atoms with Gasteiger partial charge in [0, 0.05) is 12.1 Å². The number of hydrogen-bond acceptors (Lipinski definition) is 4. The van der Waals surface area contributed by atoms with E-state index in [1.165, 1.54) is 24.3 Å². The second-order valence-electron chi connectivity index (χ2n) is 4.14. The summed E-state index contributed by atoms with van der Waals surface area (Å²) in [6.07, 6.45) is 0.421. The third-order valence-electron chi connectivity index (χ3n) is 2.69. The summed E-state index contributed by atoms with van der Waals surface area (Å²) in [5, 5.41) is 9.34.